The maximum absolute atomic E-state index is 5.67. The van der Waals surface area contributed by atoms with Crippen molar-refractivity contribution in [3.8, 4) is 5.75 Å². The van der Waals surface area contributed by atoms with E-state index in [1.165, 1.54) is 11.1 Å². The third-order valence-corrected chi connectivity index (χ3v) is 2.84. The van der Waals surface area contributed by atoms with E-state index in [9.17, 15) is 0 Å². The van der Waals surface area contributed by atoms with Crippen LogP contribution in [0.3, 0.4) is 0 Å². The molecule has 102 valence electrons. The van der Waals surface area contributed by atoms with E-state index >= 15 is 0 Å². The minimum atomic E-state index is 0.418. The van der Waals surface area contributed by atoms with Crippen LogP contribution in [0.5, 0.6) is 5.75 Å². The Hall–Kier alpha value is -1.06. The van der Waals surface area contributed by atoms with Gasteiger partial charge in [-0.3, -0.25) is 0 Å². The van der Waals surface area contributed by atoms with Gasteiger partial charge in [0.1, 0.15) is 5.75 Å². The number of nitrogens with one attached hydrogen (secondary N) is 1. The summed E-state index contributed by atoms with van der Waals surface area (Å²) >= 11 is 0. The van der Waals surface area contributed by atoms with E-state index in [1.807, 2.05) is 6.92 Å². The molecule has 0 bridgehead atoms. The molecule has 0 saturated carbocycles. The number of hydrogen-bond donors (Lipinski definition) is 1. The summed E-state index contributed by atoms with van der Waals surface area (Å²) in [6.07, 6.45) is 0.973. The molecule has 0 saturated heterocycles. The Morgan fingerprint density at radius 1 is 1.33 bits per heavy atom. The summed E-state index contributed by atoms with van der Waals surface area (Å²) in [7, 11) is 1.72. The molecule has 18 heavy (non-hydrogen) atoms. The van der Waals surface area contributed by atoms with Crippen LogP contribution in [-0.4, -0.2) is 32.9 Å². The molecule has 1 unspecified atom stereocenters. The fourth-order valence-corrected chi connectivity index (χ4v) is 1.97. The molecule has 0 fully saturated rings. The number of benzene rings is 1. The van der Waals surface area contributed by atoms with E-state index in [4.69, 9.17) is 9.47 Å². The normalized spacial score (nSPS) is 12.4. The van der Waals surface area contributed by atoms with Crippen molar-refractivity contribution in [1.29, 1.82) is 0 Å². The van der Waals surface area contributed by atoms with E-state index in [0.717, 1.165) is 25.3 Å². The van der Waals surface area contributed by atoms with E-state index < -0.39 is 0 Å². The van der Waals surface area contributed by atoms with Crippen LogP contribution in [0.25, 0.3) is 0 Å². The quantitative estimate of drug-likeness (QED) is 0.720. The van der Waals surface area contributed by atoms with Crippen LogP contribution in [-0.2, 0) is 11.2 Å². The molecule has 1 N–H and O–H groups in total. The van der Waals surface area contributed by atoms with Crippen molar-refractivity contribution in [2.45, 2.75) is 33.2 Å². The maximum Gasteiger partial charge on any atom is 0.122 e. The second kappa shape index (κ2) is 8.11. The molecule has 0 radical (unpaired) electrons. The van der Waals surface area contributed by atoms with Crippen molar-refractivity contribution < 1.29 is 9.47 Å². The highest BCUT2D eigenvalue weighted by atomic mass is 16.5. The lowest BCUT2D eigenvalue weighted by molar-refractivity contribution is 0.196. The van der Waals surface area contributed by atoms with Gasteiger partial charge in [-0.25, -0.2) is 0 Å². The zero-order valence-corrected chi connectivity index (χ0v) is 12.0. The first kappa shape index (κ1) is 15.0. The van der Waals surface area contributed by atoms with Gasteiger partial charge in [-0.2, -0.15) is 0 Å². The third-order valence-electron chi connectivity index (χ3n) is 2.84. The zero-order chi connectivity index (χ0) is 13.4. The lowest BCUT2D eigenvalue weighted by Gasteiger charge is -2.17. The Morgan fingerprint density at radius 2 is 2.11 bits per heavy atom. The van der Waals surface area contributed by atoms with Gasteiger partial charge in [-0.1, -0.05) is 17.7 Å². The second-order valence-corrected chi connectivity index (χ2v) is 4.60. The molecule has 3 nitrogen and oxygen atoms in total. The molecular weight excluding hydrogens is 226 g/mol. The Bertz CT molecular complexity index is 352. The van der Waals surface area contributed by atoms with Crippen molar-refractivity contribution in [3.63, 3.8) is 0 Å². The van der Waals surface area contributed by atoms with Gasteiger partial charge in [0.05, 0.1) is 13.2 Å². The number of methoxy groups -OCH3 is 1. The summed E-state index contributed by atoms with van der Waals surface area (Å²) < 4.78 is 10.7. The Morgan fingerprint density at radius 3 is 2.78 bits per heavy atom. The first-order chi connectivity index (χ1) is 8.67. The number of hydrogen-bond acceptors (Lipinski definition) is 3. The topological polar surface area (TPSA) is 30.5 Å². The average molecular weight is 251 g/mol. The van der Waals surface area contributed by atoms with Gasteiger partial charge in [-0.05, 0) is 38.8 Å². The first-order valence-electron chi connectivity index (χ1n) is 6.62. The summed E-state index contributed by atoms with van der Waals surface area (Å²) in [5.41, 5.74) is 2.55. The second-order valence-electron chi connectivity index (χ2n) is 4.60. The molecule has 0 aliphatic carbocycles. The molecule has 0 amide bonds. The minimum Gasteiger partial charge on any atom is -0.494 e. The van der Waals surface area contributed by atoms with Crippen LogP contribution in [0.4, 0.5) is 0 Å². The number of ether oxygens (including phenoxy) is 2. The molecule has 3 heteroatoms. The van der Waals surface area contributed by atoms with Gasteiger partial charge in [-0.15, -0.1) is 0 Å². The Labute approximate surface area is 110 Å². The van der Waals surface area contributed by atoms with Crippen LogP contribution in [0.1, 0.15) is 25.0 Å². The Balaban J connectivity index is 2.60. The van der Waals surface area contributed by atoms with E-state index in [1.54, 1.807) is 7.11 Å². The van der Waals surface area contributed by atoms with Crippen molar-refractivity contribution in [3.05, 3.63) is 29.3 Å². The van der Waals surface area contributed by atoms with Crippen LogP contribution < -0.4 is 10.1 Å². The van der Waals surface area contributed by atoms with Crippen LogP contribution in [0.15, 0.2) is 18.2 Å². The molecule has 0 aliphatic rings. The van der Waals surface area contributed by atoms with E-state index in [0.29, 0.717) is 12.6 Å². The predicted molar refractivity (Wildman–Crippen MR) is 75.4 cm³/mol. The summed E-state index contributed by atoms with van der Waals surface area (Å²) in [6, 6.07) is 6.79. The zero-order valence-electron chi connectivity index (χ0n) is 12.0. The highest BCUT2D eigenvalue weighted by Crippen LogP contribution is 2.21. The standard InChI is InChI=1S/C15H25NO2/c1-5-18-15-7-6-12(2)10-14(15)11-13(3)16-8-9-17-4/h6-7,10,13,16H,5,8-9,11H2,1-4H3. The molecule has 1 atom stereocenters. The molecule has 0 heterocycles. The Kier molecular flexibility index (Phi) is 6.76. The minimum absolute atomic E-state index is 0.418. The summed E-state index contributed by atoms with van der Waals surface area (Å²) in [5.74, 6) is 1.00. The van der Waals surface area contributed by atoms with Gasteiger partial charge in [0.15, 0.2) is 0 Å². The molecule has 1 rings (SSSR count). The van der Waals surface area contributed by atoms with Gasteiger partial charge in [0, 0.05) is 19.7 Å². The molecule has 1 aromatic carbocycles. The predicted octanol–water partition coefficient (Wildman–Crippen LogP) is 2.56. The van der Waals surface area contributed by atoms with Crippen LogP contribution >= 0.6 is 0 Å². The summed E-state index contributed by atoms with van der Waals surface area (Å²) in [4.78, 5) is 0. The average Bonchev–Trinajstić information content (AvgIpc) is 2.33. The van der Waals surface area contributed by atoms with Crippen molar-refractivity contribution in [2.75, 3.05) is 26.9 Å². The third kappa shape index (κ3) is 5.07. The van der Waals surface area contributed by atoms with Crippen LogP contribution in [0.2, 0.25) is 0 Å². The van der Waals surface area contributed by atoms with Gasteiger partial charge >= 0.3 is 0 Å². The first-order valence-corrected chi connectivity index (χ1v) is 6.62. The lowest BCUT2D eigenvalue weighted by Crippen LogP contribution is -2.31. The molecule has 0 spiro atoms. The monoisotopic (exact) mass is 251 g/mol. The maximum atomic E-state index is 5.67. The van der Waals surface area contributed by atoms with Gasteiger partial charge < -0.3 is 14.8 Å². The SMILES string of the molecule is CCOc1ccc(C)cc1CC(C)NCCOC. The molecule has 0 aromatic heterocycles. The fourth-order valence-electron chi connectivity index (χ4n) is 1.97. The van der Waals surface area contributed by atoms with Gasteiger partial charge in [0.25, 0.3) is 0 Å². The van der Waals surface area contributed by atoms with E-state index in [-0.39, 0.29) is 0 Å². The fraction of sp³-hybridized carbons (Fsp3) is 0.600. The molecule has 1 aromatic rings. The number of rotatable bonds is 8. The largest absolute Gasteiger partial charge is 0.494 e. The highest BCUT2D eigenvalue weighted by molar-refractivity contribution is 5.37. The molecule has 0 aliphatic heterocycles. The summed E-state index contributed by atoms with van der Waals surface area (Å²) in [5, 5.41) is 3.44. The highest BCUT2D eigenvalue weighted by Gasteiger charge is 2.08. The molecular formula is C15H25NO2. The van der Waals surface area contributed by atoms with Crippen LogP contribution in [0, 0.1) is 6.92 Å². The van der Waals surface area contributed by atoms with Crippen molar-refractivity contribution in [1.82, 2.24) is 5.32 Å². The van der Waals surface area contributed by atoms with Crippen molar-refractivity contribution >= 4 is 0 Å². The summed E-state index contributed by atoms with van der Waals surface area (Å²) in [6.45, 7) is 8.66. The van der Waals surface area contributed by atoms with E-state index in [2.05, 4.69) is 37.4 Å². The van der Waals surface area contributed by atoms with Gasteiger partial charge in [0.2, 0.25) is 0 Å². The lowest BCUT2D eigenvalue weighted by atomic mass is 10.0. The number of aryl methyl sites for hydroxylation is 1. The van der Waals surface area contributed by atoms with Crippen molar-refractivity contribution in [2.24, 2.45) is 0 Å². The smallest absolute Gasteiger partial charge is 0.122 e.